The topological polar surface area (TPSA) is 35.5 Å². The summed E-state index contributed by atoms with van der Waals surface area (Å²) in [5.41, 5.74) is 2.73. The van der Waals surface area contributed by atoms with Crippen molar-refractivity contribution in [2.45, 2.75) is 45.1 Å². The van der Waals surface area contributed by atoms with Crippen LogP contribution in [-0.2, 0) is 6.54 Å². The summed E-state index contributed by atoms with van der Waals surface area (Å²) in [5.74, 6) is 0. The highest BCUT2D eigenvalue weighted by Gasteiger charge is 2.11. The zero-order valence-corrected chi connectivity index (χ0v) is 12.5. The third-order valence-corrected chi connectivity index (χ3v) is 4.00. The van der Waals surface area contributed by atoms with Gasteiger partial charge in [-0.25, -0.2) is 0 Å². The number of aliphatic hydroxyl groups excluding tert-OH is 1. The second-order valence-corrected chi connectivity index (χ2v) is 5.68. The molecule has 0 aromatic heterocycles. The third kappa shape index (κ3) is 5.14. The molecule has 1 fully saturated rings. The zero-order valence-electron chi connectivity index (χ0n) is 12.5. The molecule has 0 saturated carbocycles. The summed E-state index contributed by atoms with van der Waals surface area (Å²) in [4.78, 5) is 2.47. The quantitative estimate of drug-likeness (QED) is 0.681. The average molecular weight is 276 g/mol. The van der Waals surface area contributed by atoms with Gasteiger partial charge in [0, 0.05) is 31.9 Å². The number of nitrogens with one attached hydrogen (secondary N) is 1. The largest absolute Gasteiger partial charge is 0.396 e. The van der Waals surface area contributed by atoms with Crippen LogP contribution >= 0.6 is 0 Å². The maximum Gasteiger partial charge on any atom is 0.0431 e. The van der Waals surface area contributed by atoms with E-state index >= 15 is 0 Å². The highest BCUT2D eigenvalue weighted by molar-refractivity contribution is 5.48. The second kappa shape index (κ2) is 8.98. The van der Waals surface area contributed by atoms with Gasteiger partial charge in [-0.15, -0.1) is 0 Å². The molecule has 0 atom stereocenters. The molecule has 3 heteroatoms. The van der Waals surface area contributed by atoms with Gasteiger partial charge in [-0.3, -0.25) is 0 Å². The molecular formula is C17H28N2O. The Bertz CT molecular complexity index is 358. The van der Waals surface area contributed by atoms with Crippen molar-refractivity contribution in [2.24, 2.45) is 0 Å². The second-order valence-electron chi connectivity index (χ2n) is 5.68. The number of benzene rings is 1. The zero-order chi connectivity index (χ0) is 14.0. The Kier molecular flexibility index (Phi) is 6.89. The van der Waals surface area contributed by atoms with E-state index < -0.39 is 0 Å². The summed E-state index contributed by atoms with van der Waals surface area (Å²) in [6.07, 6.45) is 7.16. The van der Waals surface area contributed by atoms with E-state index in [1.807, 2.05) is 0 Å². The molecule has 1 heterocycles. The maximum absolute atomic E-state index is 8.70. The Labute approximate surface area is 123 Å². The van der Waals surface area contributed by atoms with E-state index in [0.717, 1.165) is 25.9 Å². The number of unbranched alkanes of at least 4 members (excludes halogenated alkanes) is 3. The van der Waals surface area contributed by atoms with Crippen molar-refractivity contribution < 1.29 is 5.11 Å². The lowest BCUT2D eigenvalue weighted by atomic mass is 10.2. The molecule has 20 heavy (non-hydrogen) atoms. The summed E-state index contributed by atoms with van der Waals surface area (Å²) in [6, 6.07) is 8.99. The van der Waals surface area contributed by atoms with Gasteiger partial charge in [0.25, 0.3) is 0 Å². The van der Waals surface area contributed by atoms with Crippen LogP contribution in [0.2, 0.25) is 0 Å². The van der Waals surface area contributed by atoms with Crippen LogP contribution < -0.4 is 10.2 Å². The van der Waals surface area contributed by atoms with Crippen LogP contribution in [0.5, 0.6) is 0 Å². The van der Waals surface area contributed by atoms with E-state index in [0.29, 0.717) is 6.61 Å². The highest BCUT2D eigenvalue weighted by Crippen LogP contribution is 2.20. The molecule has 2 N–H and O–H groups in total. The number of hydrogen-bond acceptors (Lipinski definition) is 3. The van der Waals surface area contributed by atoms with Crippen molar-refractivity contribution in [3.8, 4) is 0 Å². The normalized spacial score (nSPS) is 14.9. The molecule has 1 aliphatic heterocycles. The molecule has 1 aromatic carbocycles. The number of nitrogens with zero attached hydrogens (tertiary/aromatic N) is 1. The Hall–Kier alpha value is -1.06. The van der Waals surface area contributed by atoms with E-state index in [-0.39, 0.29) is 0 Å². The molecule has 3 nitrogen and oxygen atoms in total. The van der Waals surface area contributed by atoms with E-state index in [2.05, 4.69) is 34.5 Å². The Morgan fingerprint density at radius 3 is 2.35 bits per heavy atom. The summed E-state index contributed by atoms with van der Waals surface area (Å²) >= 11 is 0. The minimum absolute atomic E-state index is 0.330. The number of rotatable bonds is 9. The third-order valence-electron chi connectivity index (χ3n) is 4.00. The monoisotopic (exact) mass is 276 g/mol. The lowest BCUT2D eigenvalue weighted by molar-refractivity contribution is 0.282. The van der Waals surface area contributed by atoms with E-state index in [1.165, 1.54) is 50.0 Å². The standard InChI is InChI=1S/C17H28N2O/c20-14-6-2-1-3-11-18-15-16-7-9-17(10-8-16)19-12-4-5-13-19/h7-10,18,20H,1-6,11-15H2. The number of hydrogen-bond donors (Lipinski definition) is 2. The number of anilines is 1. The van der Waals surface area contributed by atoms with Gasteiger partial charge < -0.3 is 15.3 Å². The predicted octanol–water partition coefficient (Wildman–Crippen LogP) is 2.93. The molecule has 0 bridgehead atoms. The Morgan fingerprint density at radius 1 is 0.950 bits per heavy atom. The van der Waals surface area contributed by atoms with Gasteiger partial charge in [-0.1, -0.05) is 25.0 Å². The number of aliphatic hydroxyl groups is 1. The molecule has 0 spiro atoms. The summed E-state index contributed by atoms with van der Waals surface area (Å²) in [5, 5.41) is 12.2. The fourth-order valence-electron chi connectivity index (χ4n) is 2.75. The van der Waals surface area contributed by atoms with E-state index in [4.69, 9.17) is 5.11 Å². The van der Waals surface area contributed by atoms with Gasteiger partial charge in [0.1, 0.15) is 0 Å². The maximum atomic E-state index is 8.70. The smallest absolute Gasteiger partial charge is 0.0431 e. The lowest BCUT2D eigenvalue weighted by Crippen LogP contribution is -2.18. The van der Waals surface area contributed by atoms with Crippen molar-refractivity contribution >= 4 is 5.69 Å². The molecule has 0 amide bonds. The molecule has 0 unspecified atom stereocenters. The molecule has 0 aliphatic carbocycles. The van der Waals surface area contributed by atoms with Gasteiger partial charge in [0.05, 0.1) is 0 Å². The van der Waals surface area contributed by atoms with Gasteiger partial charge in [-0.05, 0) is 49.9 Å². The lowest BCUT2D eigenvalue weighted by Gasteiger charge is -2.17. The minimum atomic E-state index is 0.330. The molecular weight excluding hydrogens is 248 g/mol. The van der Waals surface area contributed by atoms with Crippen LogP contribution in [0.25, 0.3) is 0 Å². The Morgan fingerprint density at radius 2 is 1.65 bits per heavy atom. The van der Waals surface area contributed by atoms with Crippen molar-refractivity contribution in [1.82, 2.24) is 5.32 Å². The highest BCUT2D eigenvalue weighted by atomic mass is 16.2. The van der Waals surface area contributed by atoms with Crippen LogP contribution in [0.4, 0.5) is 5.69 Å². The van der Waals surface area contributed by atoms with Crippen molar-refractivity contribution in [2.75, 3.05) is 31.1 Å². The fourth-order valence-corrected chi connectivity index (χ4v) is 2.75. The fraction of sp³-hybridized carbons (Fsp3) is 0.647. The SMILES string of the molecule is OCCCCCCNCc1ccc(N2CCCC2)cc1. The summed E-state index contributed by atoms with van der Waals surface area (Å²) in [7, 11) is 0. The van der Waals surface area contributed by atoms with Crippen molar-refractivity contribution in [3.63, 3.8) is 0 Å². The predicted molar refractivity (Wildman–Crippen MR) is 85.1 cm³/mol. The summed E-state index contributed by atoms with van der Waals surface area (Å²) < 4.78 is 0. The first-order valence-electron chi connectivity index (χ1n) is 8.05. The van der Waals surface area contributed by atoms with Crippen molar-refractivity contribution in [3.05, 3.63) is 29.8 Å². The van der Waals surface area contributed by atoms with Crippen LogP contribution in [0.15, 0.2) is 24.3 Å². The Balaban J connectivity index is 1.61. The van der Waals surface area contributed by atoms with Gasteiger partial charge in [0.15, 0.2) is 0 Å². The minimum Gasteiger partial charge on any atom is -0.396 e. The van der Waals surface area contributed by atoms with Crippen LogP contribution in [0.3, 0.4) is 0 Å². The van der Waals surface area contributed by atoms with Gasteiger partial charge >= 0.3 is 0 Å². The van der Waals surface area contributed by atoms with Crippen LogP contribution in [0, 0.1) is 0 Å². The first-order valence-corrected chi connectivity index (χ1v) is 8.05. The first kappa shape index (κ1) is 15.3. The first-order chi connectivity index (χ1) is 9.90. The summed E-state index contributed by atoms with van der Waals surface area (Å²) in [6.45, 7) is 4.78. The van der Waals surface area contributed by atoms with Gasteiger partial charge in [0.2, 0.25) is 0 Å². The molecule has 0 radical (unpaired) electrons. The van der Waals surface area contributed by atoms with Crippen LogP contribution in [-0.4, -0.2) is 31.3 Å². The van der Waals surface area contributed by atoms with E-state index in [1.54, 1.807) is 0 Å². The molecule has 1 aromatic rings. The van der Waals surface area contributed by atoms with E-state index in [9.17, 15) is 0 Å². The molecule has 112 valence electrons. The molecule has 1 aliphatic rings. The van der Waals surface area contributed by atoms with Crippen molar-refractivity contribution in [1.29, 1.82) is 0 Å². The molecule has 2 rings (SSSR count). The van der Waals surface area contributed by atoms with Gasteiger partial charge in [-0.2, -0.15) is 0 Å². The van der Waals surface area contributed by atoms with Crippen LogP contribution in [0.1, 0.15) is 44.1 Å². The average Bonchev–Trinajstić information content (AvgIpc) is 3.01. The molecule has 1 saturated heterocycles.